The summed E-state index contributed by atoms with van der Waals surface area (Å²) in [6.07, 6.45) is 1.01. The normalized spacial score (nSPS) is 13.7. The second-order valence-corrected chi connectivity index (χ2v) is 6.49. The van der Waals surface area contributed by atoms with Gasteiger partial charge >= 0.3 is 0 Å². The van der Waals surface area contributed by atoms with Crippen LogP contribution in [0.5, 0.6) is 0 Å². The first kappa shape index (κ1) is 19.0. The molecular weight excluding hydrogens is 364 g/mol. The van der Waals surface area contributed by atoms with Crippen LogP contribution in [-0.2, 0) is 6.42 Å². The number of H-pyrrole nitrogens is 1. The summed E-state index contributed by atoms with van der Waals surface area (Å²) in [5, 5.41) is 0. The van der Waals surface area contributed by atoms with Gasteiger partial charge in [0.1, 0.15) is 17.5 Å². The number of hydrogen-bond donors (Lipinski definition) is 2. The van der Waals surface area contributed by atoms with Crippen molar-refractivity contribution in [1.82, 2.24) is 15.0 Å². The second kappa shape index (κ2) is 7.07. The van der Waals surface area contributed by atoms with Crippen LogP contribution in [0.15, 0.2) is 23.1 Å². The molecule has 2 heterocycles. The molecule has 0 aliphatic carbocycles. The summed E-state index contributed by atoms with van der Waals surface area (Å²) in [4.78, 5) is 21.6. The van der Waals surface area contributed by atoms with Crippen molar-refractivity contribution in [2.45, 2.75) is 26.3 Å². The smallest absolute Gasteiger partial charge is 0.267 e. The minimum absolute atomic E-state index is 0.0505. The first-order valence-electron chi connectivity index (χ1n) is 8.17. The molecule has 3 aromatic rings. The standard InChI is InChI=1S/C18H16F4N4O/c1-7(8(2)23)3-10-14(15-11(20)4-9(19)5-12(15)21)17(22)26-18-16(10)25-13(27)6-24-18/h4-8H,3,23H2,1-2H3,(H,25,27)/t7-,8-/m1/s1. The Morgan fingerprint density at radius 1 is 1.11 bits per heavy atom. The SMILES string of the molecule is C[C@H](Cc1c(-c2c(F)cc(F)cc2F)c(F)nc2ncc(=O)[nH]c12)[C@@H](C)N. The van der Waals surface area contributed by atoms with E-state index in [0.717, 1.165) is 6.20 Å². The fourth-order valence-electron chi connectivity index (χ4n) is 2.84. The summed E-state index contributed by atoms with van der Waals surface area (Å²) >= 11 is 0. The second-order valence-electron chi connectivity index (χ2n) is 6.49. The van der Waals surface area contributed by atoms with Crippen molar-refractivity contribution in [3.63, 3.8) is 0 Å². The fourth-order valence-corrected chi connectivity index (χ4v) is 2.84. The lowest BCUT2D eigenvalue weighted by Gasteiger charge is -2.20. The van der Waals surface area contributed by atoms with Gasteiger partial charge in [0.25, 0.3) is 5.56 Å². The Kier molecular flexibility index (Phi) is 4.97. The molecule has 27 heavy (non-hydrogen) atoms. The fraction of sp³-hybridized carbons (Fsp3) is 0.278. The summed E-state index contributed by atoms with van der Waals surface area (Å²) in [7, 11) is 0. The van der Waals surface area contributed by atoms with Crippen LogP contribution in [0.3, 0.4) is 0 Å². The van der Waals surface area contributed by atoms with Crippen LogP contribution in [0.1, 0.15) is 19.4 Å². The minimum Gasteiger partial charge on any atom is -0.328 e. The van der Waals surface area contributed by atoms with Gasteiger partial charge in [0, 0.05) is 23.7 Å². The number of pyridine rings is 1. The molecule has 0 unspecified atom stereocenters. The number of benzene rings is 1. The minimum atomic E-state index is -1.28. The highest BCUT2D eigenvalue weighted by Gasteiger charge is 2.26. The molecule has 0 aliphatic heterocycles. The predicted molar refractivity (Wildman–Crippen MR) is 91.9 cm³/mol. The maximum absolute atomic E-state index is 14.8. The molecule has 9 heteroatoms. The van der Waals surface area contributed by atoms with E-state index in [4.69, 9.17) is 5.73 Å². The molecule has 0 radical (unpaired) electrons. The maximum Gasteiger partial charge on any atom is 0.267 e. The van der Waals surface area contributed by atoms with Crippen molar-refractivity contribution in [3.05, 3.63) is 57.6 Å². The van der Waals surface area contributed by atoms with E-state index in [0.29, 0.717) is 12.1 Å². The first-order valence-corrected chi connectivity index (χ1v) is 8.17. The summed E-state index contributed by atoms with van der Waals surface area (Å²) in [6, 6.07) is 0.579. The number of fused-ring (bicyclic) bond motifs is 1. The lowest BCUT2D eigenvalue weighted by molar-refractivity contribution is 0.480. The molecule has 0 saturated carbocycles. The van der Waals surface area contributed by atoms with Crippen molar-refractivity contribution in [2.75, 3.05) is 0 Å². The van der Waals surface area contributed by atoms with Crippen molar-refractivity contribution in [3.8, 4) is 11.1 Å². The van der Waals surface area contributed by atoms with E-state index < -0.39 is 40.1 Å². The highest BCUT2D eigenvalue weighted by atomic mass is 19.1. The van der Waals surface area contributed by atoms with Crippen LogP contribution in [0.2, 0.25) is 0 Å². The quantitative estimate of drug-likeness (QED) is 0.538. The van der Waals surface area contributed by atoms with Crippen LogP contribution >= 0.6 is 0 Å². The zero-order valence-electron chi connectivity index (χ0n) is 14.5. The number of nitrogens with one attached hydrogen (secondary N) is 1. The third kappa shape index (κ3) is 3.55. The molecule has 0 bridgehead atoms. The Labute approximate surface area is 151 Å². The number of aromatic amines is 1. The van der Waals surface area contributed by atoms with E-state index in [-0.39, 0.29) is 35.1 Å². The van der Waals surface area contributed by atoms with Crippen molar-refractivity contribution >= 4 is 11.2 Å². The third-order valence-corrected chi connectivity index (χ3v) is 4.47. The van der Waals surface area contributed by atoms with E-state index in [2.05, 4.69) is 15.0 Å². The van der Waals surface area contributed by atoms with Gasteiger partial charge in [-0.3, -0.25) is 4.79 Å². The van der Waals surface area contributed by atoms with Gasteiger partial charge in [-0.05, 0) is 24.8 Å². The number of halogens is 4. The third-order valence-electron chi connectivity index (χ3n) is 4.47. The zero-order chi connectivity index (χ0) is 19.9. The number of rotatable bonds is 4. The molecule has 0 saturated heterocycles. The summed E-state index contributed by atoms with van der Waals surface area (Å²) in [6.45, 7) is 3.49. The van der Waals surface area contributed by atoms with E-state index in [1.165, 1.54) is 0 Å². The number of hydrogen-bond acceptors (Lipinski definition) is 4. The van der Waals surface area contributed by atoms with Gasteiger partial charge in [0.15, 0.2) is 5.65 Å². The molecule has 2 aromatic heterocycles. The Hall–Kier alpha value is -2.81. The molecule has 0 fully saturated rings. The van der Waals surface area contributed by atoms with E-state index in [9.17, 15) is 22.4 Å². The van der Waals surface area contributed by atoms with Gasteiger partial charge in [-0.1, -0.05) is 6.92 Å². The Bertz CT molecular complexity index is 1060. The Balaban J connectivity index is 2.41. The predicted octanol–water partition coefficient (Wildman–Crippen LogP) is 3.07. The number of nitrogens with two attached hydrogens (primary N) is 1. The summed E-state index contributed by atoms with van der Waals surface area (Å²) < 4.78 is 56.8. The molecule has 1 aromatic carbocycles. The summed E-state index contributed by atoms with van der Waals surface area (Å²) in [5.41, 5.74) is 4.05. The molecule has 142 valence electrons. The Morgan fingerprint density at radius 2 is 1.74 bits per heavy atom. The molecule has 5 nitrogen and oxygen atoms in total. The molecule has 0 spiro atoms. The average molecular weight is 380 g/mol. The highest BCUT2D eigenvalue weighted by molar-refractivity contribution is 5.83. The van der Waals surface area contributed by atoms with Crippen molar-refractivity contribution in [2.24, 2.45) is 11.7 Å². The average Bonchev–Trinajstić information content (AvgIpc) is 2.56. The maximum atomic E-state index is 14.8. The van der Waals surface area contributed by atoms with Crippen LogP contribution < -0.4 is 11.3 Å². The van der Waals surface area contributed by atoms with Crippen LogP contribution in [-0.4, -0.2) is 21.0 Å². The molecule has 3 rings (SSSR count). The largest absolute Gasteiger partial charge is 0.328 e. The molecule has 0 aliphatic rings. The van der Waals surface area contributed by atoms with E-state index in [1.807, 2.05) is 0 Å². The van der Waals surface area contributed by atoms with Gasteiger partial charge in [0.2, 0.25) is 5.95 Å². The van der Waals surface area contributed by atoms with Gasteiger partial charge in [-0.2, -0.15) is 9.37 Å². The summed E-state index contributed by atoms with van der Waals surface area (Å²) in [5.74, 6) is -5.12. The van der Waals surface area contributed by atoms with Crippen LogP contribution in [0.4, 0.5) is 17.6 Å². The lowest BCUT2D eigenvalue weighted by Crippen LogP contribution is -2.26. The first-order chi connectivity index (χ1) is 12.7. The van der Waals surface area contributed by atoms with Crippen LogP contribution in [0.25, 0.3) is 22.3 Å². The molecular formula is C18H16F4N4O. The van der Waals surface area contributed by atoms with Gasteiger partial charge in [-0.15, -0.1) is 0 Å². The highest BCUT2D eigenvalue weighted by Crippen LogP contribution is 2.35. The van der Waals surface area contributed by atoms with E-state index >= 15 is 0 Å². The number of nitrogens with zero attached hydrogens (tertiary/aromatic N) is 2. The van der Waals surface area contributed by atoms with Crippen LogP contribution in [0, 0.1) is 29.3 Å². The van der Waals surface area contributed by atoms with Crippen molar-refractivity contribution < 1.29 is 17.6 Å². The van der Waals surface area contributed by atoms with Crippen molar-refractivity contribution in [1.29, 1.82) is 0 Å². The molecule has 2 atom stereocenters. The zero-order valence-corrected chi connectivity index (χ0v) is 14.5. The Morgan fingerprint density at radius 3 is 2.33 bits per heavy atom. The van der Waals surface area contributed by atoms with Gasteiger partial charge < -0.3 is 10.7 Å². The topological polar surface area (TPSA) is 84.7 Å². The van der Waals surface area contributed by atoms with Gasteiger partial charge in [-0.25, -0.2) is 18.2 Å². The monoisotopic (exact) mass is 380 g/mol. The lowest BCUT2D eigenvalue weighted by atomic mass is 9.90. The van der Waals surface area contributed by atoms with Gasteiger partial charge in [0.05, 0.1) is 17.3 Å². The number of aromatic nitrogens is 3. The van der Waals surface area contributed by atoms with E-state index in [1.54, 1.807) is 13.8 Å². The molecule has 3 N–H and O–H groups in total. The molecule has 0 amide bonds.